The Bertz CT molecular complexity index is 326. The van der Waals surface area contributed by atoms with E-state index in [0.29, 0.717) is 12.0 Å². The maximum atomic E-state index is 6.84. The SMILES string of the molecule is CCCN(CC1(N)C2CCOC2C1(C)C)C1CC1. The Hall–Kier alpha value is -0.120. The number of nitrogens with two attached hydrogens (primary N) is 1. The van der Waals surface area contributed by atoms with Crippen LogP contribution in [-0.2, 0) is 4.74 Å². The van der Waals surface area contributed by atoms with Gasteiger partial charge in [0.05, 0.1) is 6.10 Å². The third-order valence-electron chi connectivity index (χ3n) is 5.70. The van der Waals surface area contributed by atoms with Gasteiger partial charge in [0.1, 0.15) is 0 Å². The summed E-state index contributed by atoms with van der Waals surface area (Å²) in [6, 6.07) is 0.822. The van der Waals surface area contributed by atoms with E-state index in [1.54, 1.807) is 0 Å². The smallest absolute Gasteiger partial charge is 0.0691 e. The van der Waals surface area contributed by atoms with Crippen LogP contribution in [0.4, 0.5) is 0 Å². The number of hydrogen-bond acceptors (Lipinski definition) is 3. The summed E-state index contributed by atoms with van der Waals surface area (Å²) in [6.07, 6.45) is 5.56. The Morgan fingerprint density at radius 3 is 2.61 bits per heavy atom. The summed E-state index contributed by atoms with van der Waals surface area (Å²) in [6.45, 7) is 10.1. The fourth-order valence-electron chi connectivity index (χ4n) is 4.25. The molecule has 3 fully saturated rings. The van der Waals surface area contributed by atoms with Gasteiger partial charge in [-0.3, -0.25) is 4.90 Å². The average molecular weight is 252 g/mol. The maximum absolute atomic E-state index is 6.84. The second-order valence-corrected chi connectivity index (χ2v) is 7.15. The fraction of sp³-hybridized carbons (Fsp3) is 1.00. The minimum Gasteiger partial charge on any atom is -0.377 e. The molecule has 0 aromatic carbocycles. The zero-order valence-corrected chi connectivity index (χ0v) is 12.1. The molecule has 3 unspecified atom stereocenters. The van der Waals surface area contributed by atoms with Crippen LogP contribution in [0.1, 0.15) is 46.5 Å². The topological polar surface area (TPSA) is 38.5 Å². The van der Waals surface area contributed by atoms with Crippen molar-refractivity contribution in [2.45, 2.75) is 64.1 Å². The predicted octanol–water partition coefficient (Wildman–Crippen LogP) is 2.00. The van der Waals surface area contributed by atoms with Crippen LogP contribution in [0.25, 0.3) is 0 Å². The van der Waals surface area contributed by atoms with Crippen molar-refractivity contribution in [1.82, 2.24) is 4.90 Å². The first kappa shape index (κ1) is 12.9. The Morgan fingerprint density at radius 2 is 2.00 bits per heavy atom. The van der Waals surface area contributed by atoms with Crippen molar-refractivity contribution in [3.63, 3.8) is 0 Å². The molecule has 3 rings (SSSR count). The quantitative estimate of drug-likeness (QED) is 0.813. The van der Waals surface area contributed by atoms with Gasteiger partial charge in [0.25, 0.3) is 0 Å². The first-order chi connectivity index (χ1) is 8.50. The van der Waals surface area contributed by atoms with Crippen molar-refractivity contribution in [2.75, 3.05) is 19.7 Å². The van der Waals surface area contributed by atoms with E-state index >= 15 is 0 Å². The van der Waals surface area contributed by atoms with E-state index in [9.17, 15) is 0 Å². The van der Waals surface area contributed by atoms with E-state index in [0.717, 1.165) is 25.6 Å². The summed E-state index contributed by atoms with van der Waals surface area (Å²) in [5.41, 5.74) is 6.94. The molecule has 18 heavy (non-hydrogen) atoms. The molecule has 0 aromatic rings. The molecule has 104 valence electrons. The normalized spacial score (nSPS) is 41.8. The van der Waals surface area contributed by atoms with Gasteiger partial charge in [-0.25, -0.2) is 0 Å². The Labute approximate surface area is 111 Å². The Balaban J connectivity index is 1.73. The highest BCUT2D eigenvalue weighted by atomic mass is 16.5. The highest BCUT2D eigenvalue weighted by Crippen LogP contribution is 2.58. The lowest BCUT2D eigenvalue weighted by Gasteiger charge is -2.63. The number of nitrogens with zero attached hydrogens (tertiary/aromatic N) is 1. The minimum atomic E-state index is -0.0358. The minimum absolute atomic E-state index is 0.0358. The Morgan fingerprint density at radius 1 is 1.28 bits per heavy atom. The first-order valence-corrected chi connectivity index (χ1v) is 7.65. The van der Waals surface area contributed by atoms with Crippen LogP contribution >= 0.6 is 0 Å². The molecule has 1 heterocycles. The van der Waals surface area contributed by atoms with Crippen molar-refractivity contribution in [1.29, 1.82) is 0 Å². The van der Waals surface area contributed by atoms with Crippen LogP contribution < -0.4 is 5.73 Å². The maximum Gasteiger partial charge on any atom is 0.0691 e. The van der Waals surface area contributed by atoms with E-state index < -0.39 is 0 Å². The van der Waals surface area contributed by atoms with Gasteiger partial charge in [-0.15, -0.1) is 0 Å². The molecule has 0 spiro atoms. The monoisotopic (exact) mass is 252 g/mol. The highest BCUT2D eigenvalue weighted by Gasteiger charge is 2.68. The zero-order chi connectivity index (χ0) is 13.0. The molecule has 2 saturated carbocycles. The molecule has 3 heteroatoms. The first-order valence-electron chi connectivity index (χ1n) is 7.65. The summed E-state index contributed by atoms with van der Waals surface area (Å²) < 4.78 is 5.88. The van der Waals surface area contributed by atoms with Crippen LogP contribution in [0.3, 0.4) is 0 Å². The second-order valence-electron chi connectivity index (χ2n) is 7.15. The molecule has 2 aliphatic carbocycles. The van der Waals surface area contributed by atoms with E-state index in [1.165, 1.54) is 25.8 Å². The molecule has 1 saturated heterocycles. The molecule has 0 aromatic heterocycles. The molecule has 3 atom stereocenters. The molecular formula is C15H28N2O. The third kappa shape index (κ3) is 1.67. The van der Waals surface area contributed by atoms with Gasteiger partial charge in [0.2, 0.25) is 0 Å². The molecule has 3 aliphatic rings. The number of rotatable bonds is 5. The number of fused-ring (bicyclic) bond motifs is 1. The number of hydrogen-bond donors (Lipinski definition) is 1. The standard InChI is InChI=1S/C15H28N2O/c1-4-8-17(11-5-6-11)10-15(16)12-7-9-18-13(12)14(15,2)3/h11-13H,4-10,16H2,1-3H3. The number of ether oxygens (including phenoxy) is 1. The van der Waals surface area contributed by atoms with Gasteiger partial charge in [0, 0.05) is 36.1 Å². The van der Waals surface area contributed by atoms with E-state index in [2.05, 4.69) is 25.7 Å². The molecule has 2 N–H and O–H groups in total. The van der Waals surface area contributed by atoms with Crippen LogP contribution in [0, 0.1) is 11.3 Å². The van der Waals surface area contributed by atoms with E-state index in [1.807, 2.05) is 0 Å². The van der Waals surface area contributed by atoms with Gasteiger partial charge in [0.15, 0.2) is 0 Å². The van der Waals surface area contributed by atoms with Gasteiger partial charge in [-0.2, -0.15) is 0 Å². The van der Waals surface area contributed by atoms with Crippen LogP contribution in [0.5, 0.6) is 0 Å². The van der Waals surface area contributed by atoms with Gasteiger partial charge in [-0.1, -0.05) is 20.8 Å². The van der Waals surface area contributed by atoms with Crippen LogP contribution in [-0.4, -0.2) is 42.3 Å². The molecule has 0 bridgehead atoms. The summed E-state index contributed by atoms with van der Waals surface area (Å²) in [7, 11) is 0. The van der Waals surface area contributed by atoms with Crippen molar-refractivity contribution in [3.8, 4) is 0 Å². The van der Waals surface area contributed by atoms with Gasteiger partial charge < -0.3 is 10.5 Å². The fourth-order valence-corrected chi connectivity index (χ4v) is 4.25. The molecule has 0 amide bonds. The molecule has 0 radical (unpaired) electrons. The van der Waals surface area contributed by atoms with Crippen LogP contribution in [0.15, 0.2) is 0 Å². The van der Waals surface area contributed by atoms with Crippen molar-refractivity contribution < 1.29 is 4.74 Å². The van der Waals surface area contributed by atoms with Crippen molar-refractivity contribution >= 4 is 0 Å². The lowest BCUT2D eigenvalue weighted by atomic mass is 9.48. The van der Waals surface area contributed by atoms with Crippen molar-refractivity contribution in [2.24, 2.45) is 17.1 Å². The lowest BCUT2D eigenvalue weighted by Crippen LogP contribution is -2.78. The summed E-state index contributed by atoms with van der Waals surface area (Å²) in [4.78, 5) is 2.65. The predicted molar refractivity (Wildman–Crippen MR) is 73.4 cm³/mol. The molecule has 1 aliphatic heterocycles. The Kier molecular flexibility index (Phi) is 3.00. The third-order valence-corrected chi connectivity index (χ3v) is 5.70. The summed E-state index contributed by atoms with van der Waals surface area (Å²) in [5, 5.41) is 0. The molecule has 3 nitrogen and oxygen atoms in total. The highest BCUT2D eigenvalue weighted by molar-refractivity contribution is 5.22. The van der Waals surface area contributed by atoms with Gasteiger partial charge in [-0.05, 0) is 32.2 Å². The zero-order valence-electron chi connectivity index (χ0n) is 12.1. The lowest BCUT2D eigenvalue weighted by molar-refractivity contribution is -0.163. The summed E-state index contributed by atoms with van der Waals surface area (Å²) in [5.74, 6) is 0.589. The van der Waals surface area contributed by atoms with E-state index in [4.69, 9.17) is 10.5 Å². The van der Waals surface area contributed by atoms with Crippen molar-refractivity contribution in [3.05, 3.63) is 0 Å². The van der Waals surface area contributed by atoms with E-state index in [-0.39, 0.29) is 11.0 Å². The largest absolute Gasteiger partial charge is 0.377 e. The summed E-state index contributed by atoms with van der Waals surface area (Å²) >= 11 is 0. The van der Waals surface area contributed by atoms with Gasteiger partial charge >= 0.3 is 0 Å². The average Bonchev–Trinajstić information content (AvgIpc) is 3.05. The van der Waals surface area contributed by atoms with Crippen LogP contribution in [0.2, 0.25) is 0 Å². The second kappa shape index (κ2) is 4.19. The molecular weight excluding hydrogens is 224 g/mol.